The normalized spacial score (nSPS) is 24.4. The first-order chi connectivity index (χ1) is 11.1. The molecule has 2 aliphatic rings. The summed E-state index contributed by atoms with van der Waals surface area (Å²) < 4.78 is 27.4. The van der Waals surface area contributed by atoms with E-state index >= 15 is 0 Å². The lowest BCUT2D eigenvalue weighted by Gasteiger charge is -2.33. The number of piperidine rings is 1. The predicted octanol–water partition coefficient (Wildman–Crippen LogP) is 2.41. The number of sulfonamides is 1. The van der Waals surface area contributed by atoms with Crippen LogP contribution in [0.2, 0.25) is 0 Å². The van der Waals surface area contributed by atoms with Gasteiger partial charge in [-0.25, -0.2) is 17.7 Å². The van der Waals surface area contributed by atoms with Gasteiger partial charge in [0.05, 0.1) is 11.4 Å². The smallest absolute Gasteiger partial charge is 0.217 e. The summed E-state index contributed by atoms with van der Waals surface area (Å²) in [5.74, 6) is 0.174. The summed E-state index contributed by atoms with van der Waals surface area (Å²) >= 11 is 0. The van der Waals surface area contributed by atoms with E-state index in [0.717, 1.165) is 55.3 Å². The van der Waals surface area contributed by atoms with Crippen LogP contribution < -0.4 is 0 Å². The molecule has 0 amide bonds. The number of nitrogens with one attached hydrogen (secondary N) is 1. The molecule has 1 atom stereocenters. The molecule has 3 heterocycles. The van der Waals surface area contributed by atoms with Crippen molar-refractivity contribution in [2.24, 2.45) is 0 Å². The number of rotatable bonds is 3. The monoisotopic (exact) mass is 334 g/mol. The van der Waals surface area contributed by atoms with Gasteiger partial charge in [-0.1, -0.05) is 12.8 Å². The minimum Gasteiger partial charge on any atom is -0.261 e. The molecule has 1 aliphatic carbocycles. The van der Waals surface area contributed by atoms with E-state index in [1.54, 1.807) is 10.5 Å². The molecule has 0 bridgehead atoms. The molecule has 1 N–H and O–H groups in total. The van der Waals surface area contributed by atoms with Crippen LogP contribution in [-0.4, -0.2) is 46.2 Å². The molecule has 2 aromatic rings. The van der Waals surface area contributed by atoms with Crippen molar-refractivity contribution in [3.63, 3.8) is 0 Å². The molecule has 6 nitrogen and oxygen atoms in total. The van der Waals surface area contributed by atoms with E-state index in [9.17, 15) is 8.42 Å². The van der Waals surface area contributed by atoms with Crippen LogP contribution in [0.1, 0.15) is 50.1 Å². The number of aromatic nitrogens is 3. The highest BCUT2D eigenvalue weighted by molar-refractivity contribution is 7.89. The molecule has 0 spiro atoms. The van der Waals surface area contributed by atoms with Gasteiger partial charge >= 0.3 is 0 Å². The van der Waals surface area contributed by atoms with E-state index in [1.807, 2.05) is 12.1 Å². The second kappa shape index (κ2) is 5.87. The molecule has 0 aromatic carbocycles. The van der Waals surface area contributed by atoms with Crippen molar-refractivity contribution < 1.29 is 8.42 Å². The van der Waals surface area contributed by atoms with Crippen molar-refractivity contribution >= 4 is 21.1 Å². The van der Waals surface area contributed by atoms with E-state index in [1.165, 1.54) is 0 Å². The Morgan fingerprint density at radius 3 is 2.78 bits per heavy atom. The molecule has 1 saturated heterocycles. The van der Waals surface area contributed by atoms with Gasteiger partial charge in [0.15, 0.2) is 5.65 Å². The Hall–Kier alpha value is -1.47. The number of hydrogen-bond donors (Lipinski definition) is 1. The number of hydrogen-bond acceptors (Lipinski definition) is 4. The molecular formula is C16H22N4O2S. The highest BCUT2D eigenvalue weighted by atomic mass is 32.2. The van der Waals surface area contributed by atoms with E-state index in [2.05, 4.69) is 15.2 Å². The third-order valence-corrected chi connectivity index (χ3v) is 7.57. The molecule has 1 saturated carbocycles. The zero-order valence-electron chi connectivity index (χ0n) is 13.1. The second-order valence-electron chi connectivity index (χ2n) is 6.69. The Balaban J connectivity index is 1.56. The van der Waals surface area contributed by atoms with Gasteiger partial charge in [0.2, 0.25) is 10.0 Å². The fourth-order valence-corrected chi connectivity index (χ4v) is 6.00. The molecule has 23 heavy (non-hydrogen) atoms. The average Bonchev–Trinajstić information content (AvgIpc) is 3.26. The van der Waals surface area contributed by atoms with Crippen molar-refractivity contribution in [1.29, 1.82) is 0 Å². The van der Waals surface area contributed by atoms with Gasteiger partial charge in [-0.15, -0.1) is 0 Å². The summed E-state index contributed by atoms with van der Waals surface area (Å²) in [6.45, 7) is 1.22. The minimum absolute atomic E-state index is 0.163. The standard InChI is InChI=1S/C16H22N4O2S/c21-23(22,14-5-1-2-6-14)20-9-3-4-13(11-20)15-8-7-12-10-17-19-16(12)18-15/h7-8,10,13-14H,1-6,9,11H2,(H,17,18,19). The summed E-state index contributed by atoms with van der Waals surface area (Å²) in [6, 6.07) is 4.01. The summed E-state index contributed by atoms with van der Waals surface area (Å²) in [4.78, 5) is 4.63. The largest absolute Gasteiger partial charge is 0.261 e. The van der Waals surface area contributed by atoms with Gasteiger partial charge < -0.3 is 0 Å². The molecule has 124 valence electrons. The number of H-pyrrole nitrogens is 1. The van der Waals surface area contributed by atoms with Crippen LogP contribution in [-0.2, 0) is 10.0 Å². The average molecular weight is 334 g/mol. The number of pyridine rings is 1. The van der Waals surface area contributed by atoms with Gasteiger partial charge in [-0.2, -0.15) is 5.10 Å². The molecule has 1 unspecified atom stereocenters. The van der Waals surface area contributed by atoms with E-state index in [-0.39, 0.29) is 11.2 Å². The second-order valence-corrected chi connectivity index (χ2v) is 8.91. The lowest BCUT2D eigenvalue weighted by molar-refractivity contribution is 0.309. The molecule has 2 aromatic heterocycles. The minimum atomic E-state index is -3.15. The third kappa shape index (κ3) is 2.76. The van der Waals surface area contributed by atoms with Gasteiger partial charge in [0.25, 0.3) is 0 Å². The fourth-order valence-electron chi connectivity index (χ4n) is 3.88. The fraction of sp³-hybridized carbons (Fsp3) is 0.625. The molecule has 2 fully saturated rings. The highest BCUT2D eigenvalue weighted by Gasteiger charge is 2.37. The molecule has 1 aliphatic heterocycles. The van der Waals surface area contributed by atoms with Gasteiger partial charge in [0.1, 0.15) is 0 Å². The van der Waals surface area contributed by atoms with Crippen LogP contribution in [0, 0.1) is 0 Å². The van der Waals surface area contributed by atoms with Crippen molar-refractivity contribution in [2.75, 3.05) is 13.1 Å². The summed E-state index contributed by atoms with van der Waals surface area (Å²) in [6.07, 6.45) is 7.37. The van der Waals surface area contributed by atoms with Gasteiger partial charge in [-0.3, -0.25) is 5.10 Å². The van der Waals surface area contributed by atoms with E-state index in [4.69, 9.17) is 0 Å². The van der Waals surface area contributed by atoms with Crippen molar-refractivity contribution in [3.05, 3.63) is 24.0 Å². The van der Waals surface area contributed by atoms with Crippen LogP contribution in [0.3, 0.4) is 0 Å². The Kier molecular flexibility index (Phi) is 3.85. The highest BCUT2D eigenvalue weighted by Crippen LogP contribution is 2.32. The van der Waals surface area contributed by atoms with Crippen LogP contribution in [0.15, 0.2) is 18.3 Å². The van der Waals surface area contributed by atoms with Crippen molar-refractivity contribution in [3.8, 4) is 0 Å². The number of nitrogens with zero attached hydrogens (tertiary/aromatic N) is 3. The third-order valence-electron chi connectivity index (χ3n) is 5.21. The van der Waals surface area contributed by atoms with Crippen LogP contribution in [0.25, 0.3) is 11.0 Å². The van der Waals surface area contributed by atoms with Crippen LogP contribution in [0.4, 0.5) is 0 Å². The quantitative estimate of drug-likeness (QED) is 0.935. The first-order valence-corrected chi connectivity index (χ1v) is 9.94. The Labute approximate surface area is 136 Å². The molecule has 0 radical (unpaired) electrons. The maximum atomic E-state index is 12.8. The number of fused-ring (bicyclic) bond motifs is 1. The van der Waals surface area contributed by atoms with Crippen LogP contribution in [0.5, 0.6) is 0 Å². The summed E-state index contributed by atoms with van der Waals surface area (Å²) in [7, 11) is -3.15. The Morgan fingerprint density at radius 1 is 1.13 bits per heavy atom. The van der Waals surface area contributed by atoms with Crippen molar-refractivity contribution in [1.82, 2.24) is 19.5 Å². The summed E-state index contributed by atoms with van der Waals surface area (Å²) in [5.41, 5.74) is 1.74. The molecular weight excluding hydrogens is 312 g/mol. The van der Waals surface area contributed by atoms with E-state index < -0.39 is 10.0 Å². The zero-order chi connectivity index (χ0) is 15.9. The Bertz CT molecular complexity index is 795. The maximum absolute atomic E-state index is 12.8. The SMILES string of the molecule is O=S(=O)(C1CCCC1)N1CCCC(c2ccc3cn[nH]c3n2)C1. The topological polar surface area (TPSA) is 79.0 Å². The van der Waals surface area contributed by atoms with Gasteiger partial charge in [-0.05, 0) is 37.8 Å². The summed E-state index contributed by atoms with van der Waals surface area (Å²) in [5, 5.41) is 7.72. The lowest BCUT2D eigenvalue weighted by atomic mass is 9.95. The predicted molar refractivity (Wildman–Crippen MR) is 88.6 cm³/mol. The first-order valence-electron chi connectivity index (χ1n) is 8.43. The van der Waals surface area contributed by atoms with E-state index in [0.29, 0.717) is 13.1 Å². The van der Waals surface area contributed by atoms with Crippen molar-refractivity contribution in [2.45, 2.75) is 49.7 Å². The zero-order valence-corrected chi connectivity index (χ0v) is 13.9. The first kappa shape index (κ1) is 15.1. The maximum Gasteiger partial charge on any atom is 0.217 e. The molecule has 4 rings (SSSR count). The molecule has 7 heteroatoms. The Morgan fingerprint density at radius 2 is 1.96 bits per heavy atom. The van der Waals surface area contributed by atoms with Crippen LogP contribution >= 0.6 is 0 Å². The number of aromatic amines is 1. The van der Waals surface area contributed by atoms with Gasteiger partial charge in [0, 0.05) is 30.1 Å². The lowest BCUT2D eigenvalue weighted by Crippen LogP contribution is -2.43.